The molecule has 0 fully saturated rings. The highest BCUT2D eigenvalue weighted by molar-refractivity contribution is 5.96. The minimum absolute atomic E-state index is 0.360. The summed E-state index contributed by atoms with van der Waals surface area (Å²) in [7, 11) is 0. The molecule has 6 heteroatoms. The van der Waals surface area contributed by atoms with Gasteiger partial charge in [0, 0.05) is 17.2 Å². The van der Waals surface area contributed by atoms with E-state index < -0.39 is 5.91 Å². The minimum Gasteiger partial charge on any atom is -0.384 e. The first-order valence-corrected chi connectivity index (χ1v) is 7.64. The number of nitrogen functional groups attached to an aromatic ring is 1. The number of hydrogen-bond donors (Lipinski definition) is 2. The van der Waals surface area contributed by atoms with Crippen molar-refractivity contribution in [3.8, 4) is 16.9 Å². The van der Waals surface area contributed by atoms with E-state index in [1.807, 2.05) is 24.3 Å². The van der Waals surface area contributed by atoms with Crippen LogP contribution in [0.15, 0.2) is 60.2 Å². The number of amides is 1. The van der Waals surface area contributed by atoms with Crippen LogP contribution in [0.25, 0.3) is 23.0 Å². The average molecular weight is 336 g/mol. The summed E-state index contributed by atoms with van der Waals surface area (Å²) in [4.78, 5) is 11.2. The molecule has 126 valence electrons. The Morgan fingerprint density at radius 2 is 1.92 bits per heavy atom. The lowest BCUT2D eigenvalue weighted by Crippen LogP contribution is -2.11. The number of hydrogen-bond acceptors (Lipinski definition) is 3. The molecule has 0 saturated carbocycles. The molecule has 25 heavy (non-hydrogen) atoms. The third kappa shape index (κ3) is 3.42. The van der Waals surface area contributed by atoms with Crippen LogP contribution in [0.5, 0.6) is 0 Å². The van der Waals surface area contributed by atoms with Crippen LogP contribution in [-0.2, 0) is 4.79 Å². The van der Waals surface area contributed by atoms with Gasteiger partial charge in [-0.25, -0.2) is 9.07 Å². The molecule has 0 aliphatic carbocycles. The van der Waals surface area contributed by atoms with Gasteiger partial charge < -0.3 is 11.5 Å². The topological polar surface area (TPSA) is 86.9 Å². The summed E-state index contributed by atoms with van der Waals surface area (Å²) in [5.41, 5.74) is 14.1. The third-order valence-electron chi connectivity index (χ3n) is 3.77. The Kier molecular flexibility index (Phi) is 4.35. The summed E-state index contributed by atoms with van der Waals surface area (Å²) >= 11 is 0. The Morgan fingerprint density at radius 3 is 2.64 bits per heavy atom. The van der Waals surface area contributed by atoms with Crippen molar-refractivity contribution in [2.24, 2.45) is 5.73 Å². The highest BCUT2D eigenvalue weighted by Gasteiger charge is 2.12. The van der Waals surface area contributed by atoms with Gasteiger partial charge >= 0.3 is 0 Å². The Labute approximate surface area is 144 Å². The monoisotopic (exact) mass is 336 g/mol. The lowest BCUT2D eigenvalue weighted by Gasteiger charge is -2.05. The van der Waals surface area contributed by atoms with Crippen molar-refractivity contribution in [3.63, 3.8) is 0 Å². The lowest BCUT2D eigenvalue weighted by molar-refractivity contribution is -0.114. The van der Waals surface area contributed by atoms with Crippen molar-refractivity contribution in [1.82, 2.24) is 9.78 Å². The quantitative estimate of drug-likeness (QED) is 0.718. The van der Waals surface area contributed by atoms with Crippen LogP contribution in [0.2, 0.25) is 0 Å². The zero-order valence-corrected chi connectivity index (χ0v) is 13.6. The molecule has 1 aromatic heterocycles. The first-order valence-electron chi connectivity index (χ1n) is 7.64. The van der Waals surface area contributed by atoms with Crippen LogP contribution in [0.3, 0.4) is 0 Å². The number of carbonyl (C=O) groups excluding carboxylic acids is 1. The van der Waals surface area contributed by atoms with E-state index in [4.69, 9.17) is 11.5 Å². The Balaban J connectivity index is 2.02. The van der Waals surface area contributed by atoms with Gasteiger partial charge in [-0.1, -0.05) is 24.3 Å². The van der Waals surface area contributed by atoms with E-state index in [1.165, 1.54) is 10.7 Å². The molecule has 3 aromatic rings. The van der Waals surface area contributed by atoms with Gasteiger partial charge in [0.2, 0.25) is 5.91 Å². The standard InChI is InChI=1S/C19H17FN4O/c1-12(19(22)25)9-13-5-4-6-14(10-13)24-18(21)11-17(23-24)15-7-2-3-8-16(15)20/h2-11H,21H2,1H3,(H2,22,25)/b12-9+. The maximum Gasteiger partial charge on any atom is 0.244 e. The SMILES string of the molecule is C/C(=C\c1cccc(-n2nc(-c3ccccc3F)cc2N)c1)C(N)=O. The van der Waals surface area contributed by atoms with Crippen molar-refractivity contribution >= 4 is 17.8 Å². The molecule has 0 aliphatic rings. The normalized spacial score (nSPS) is 11.5. The third-order valence-corrected chi connectivity index (χ3v) is 3.77. The zero-order valence-electron chi connectivity index (χ0n) is 13.6. The van der Waals surface area contributed by atoms with Crippen LogP contribution in [-0.4, -0.2) is 15.7 Å². The highest BCUT2D eigenvalue weighted by atomic mass is 19.1. The van der Waals surface area contributed by atoms with E-state index in [0.29, 0.717) is 28.3 Å². The number of aromatic nitrogens is 2. The lowest BCUT2D eigenvalue weighted by atomic mass is 10.1. The van der Waals surface area contributed by atoms with Gasteiger partial charge in [0.1, 0.15) is 11.6 Å². The number of nitrogens with zero attached hydrogens (tertiary/aromatic N) is 2. The molecule has 0 radical (unpaired) electrons. The molecule has 0 bridgehead atoms. The Hall–Kier alpha value is -3.41. The second-order valence-corrected chi connectivity index (χ2v) is 5.63. The fraction of sp³-hybridized carbons (Fsp3) is 0.0526. The molecule has 2 aromatic carbocycles. The van der Waals surface area contributed by atoms with Crippen molar-refractivity contribution < 1.29 is 9.18 Å². The largest absolute Gasteiger partial charge is 0.384 e. The number of rotatable bonds is 4. The Bertz CT molecular complexity index is 975. The summed E-state index contributed by atoms with van der Waals surface area (Å²) in [6.07, 6.45) is 1.68. The fourth-order valence-corrected chi connectivity index (χ4v) is 2.47. The van der Waals surface area contributed by atoms with Gasteiger partial charge in [-0.3, -0.25) is 4.79 Å². The summed E-state index contributed by atoms with van der Waals surface area (Å²) in [6, 6.07) is 15.3. The van der Waals surface area contributed by atoms with Gasteiger partial charge in [0.05, 0.1) is 11.4 Å². The van der Waals surface area contributed by atoms with E-state index in [1.54, 1.807) is 37.3 Å². The number of primary amides is 1. The van der Waals surface area contributed by atoms with E-state index in [2.05, 4.69) is 5.10 Å². The molecule has 3 rings (SSSR count). The zero-order chi connectivity index (χ0) is 18.0. The minimum atomic E-state index is -0.481. The van der Waals surface area contributed by atoms with Crippen molar-refractivity contribution in [2.45, 2.75) is 6.92 Å². The summed E-state index contributed by atoms with van der Waals surface area (Å²) in [5, 5.41) is 4.41. The number of carbonyl (C=O) groups is 1. The molecule has 4 N–H and O–H groups in total. The molecule has 0 unspecified atom stereocenters. The first kappa shape index (κ1) is 16.4. The van der Waals surface area contributed by atoms with Gasteiger partial charge in [-0.15, -0.1) is 0 Å². The predicted molar refractivity (Wildman–Crippen MR) is 96.2 cm³/mol. The van der Waals surface area contributed by atoms with Gasteiger partial charge in [-0.2, -0.15) is 5.10 Å². The van der Waals surface area contributed by atoms with Crippen LogP contribution in [0.1, 0.15) is 12.5 Å². The molecule has 1 heterocycles. The van der Waals surface area contributed by atoms with Crippen LogP contribution < -0.4 is 11.5 Å². The first-order chi connectivity index (χ1) is 12.0. The highest BCUT2D eigenvalue weighted by Crippen LogP contribution is 2.25. The molecular weight excluding hydrogens is 319 g/mol. The molecule has 0 spiro atoms. The van der Waals surface area contributed by atoms with Crippen LogP contribution in [0.4, 0.5) is 10.2 Å². The van der Waals surface area contributed by atoms with Crippen molar-refractivity contribution in [3.05, 3.63) is 71.6 Å². The number of halogens is 1. The second-order valence-electron chi connectivity index (χ2n) is 5.63. The molecule has 0 saturated heterocycles. The number of benzene rings is 2. The predicted octanol–water partition coefficient (Wildman–Crippen LogP) is 3.15. The van der Waals surface area contributed by atoms with E-state index in [-0.39, 0.29) is 5.82 Å². The molecule has 0 aliphatic heterocycles. The number of anilines is 1. The second kappa shape index (κ2) is 6.60. The summed E-state index contributed by atoms with van der Waals surface area (Å²) in [5.74, 6) is -0.460. The smallest absolute Gasteiger partial charge is 0.244 e. The number of nitrogens with two attached hydrogens (primary N) is 2. The molecular formula is C19H17FN4O. The molecule has 5 nitrogen and oxygen atoms in total. The van der Waals surface area contributed by atoms with E-state index in [0.717, 1.165) is 5.56 Å². The summed E-state index contributed by atoms with van der Waals surface area (Å²) < 4.78 is 15.5. The van der Waals surface area contributed by atoms with E-state index >= 15 is 0 Å². The fourth-order valence-electron chi connectivity index (χ4n) is 2.47. The maximum absolute atomic E-state index is 14.0. The van der Waals surface area contributed by atoms with Crippen molar-refractivity contribution in [1.29, 1.82) is 0 Å². The van der Waals surface area contributed by atoms with Crippen LogP contribution in [0, 0.1) is 5.82 Å². The van der Waals surface area contributed by atoms with Gasteiger partial charge in [-0.05, 0) is 42.8 Å². The van der Waals surface area contributed by atoms with Crippen LogP contribution >= 0.6 is 0 Å². The van der Waals surface area contributed by atoms with E-state index in [9.17, 15) is 9.18 Å². The molecule has 1 amide bonds. The summed E-state index contributed by atoms with van der Waals surface area (Å²) in [6.45, 7) is 1.65. The molecule has 0 atom stereocenters. The van der Waals surface area contributed by atoms with Gasteiger partial charge in [0.25, 0.3) is 0 Å². The van der Waals surface area contributed by atoms with Crippen molar-refractivity contribution in [2.75, 3.05) is 5.73 Å². The van der Waals surface area contributed by atoms with Gasteiger partial charge in [0.15, 0.2) is 0 Å². The average Bonchev–Trinajstić information content (AvgIpc) is 2.97. The maximum atomic E-state index is 14.0. The Morgan fingerprint density at radius 1 is 1.16 bits per heavy atom.